The van der Waals surface area contributed by atoms with E-state index in [2.05, 4.69) is 83.1 Å². The maximum atomic E-state index is 3.03. The Morgan fingerprint density at radius 1 is 0.391 bits per heavy atom. The molecule has 8 aliphatic rings. The summed E-state index contributed by atoms with van der Waals surface area (Å²) in [5.41, 5.74) is 3.17. The molecule has 0 saturated heterocycles. The monoisotopic (exact) mass is 631 g/mol. The second-order valence-electron chi connectivity index (χ2n) is 24.2. The van der Waals surface area contributed by atoms with E-state index in [1.165, 1.54) is 38.5 Å². The average molecular weight is 631 g/mol. The fourth-order valence-corrected chi connectivity index (χ4v) is 17.2. The first-order chi connectivity index (χ1) is 21.3. The highest BCUT2D eigenvalue weighted by Gasteiger charge is 2.71. The van der Waals surface area contributed by atoms with Crippen molar-refractivity contribution >= 4 is 0 Å². The van der Waals surface area contributed by atoms with Crippen LogP contribution in [0.25, 0.3) is 0 Å². The normalized spacial score (nSPS) is 54.5. The zero-order valence-electron chi connectivity index (χ0n) is 33.0. The summed E-state index contributed by atoms with van der Waals surface area (Å²) in [5.74, 6) is 13.9. The van der Waals surface area contributed by atoms with Gasteiger partial charge in [-0.2, -0.15) is 0 Å². The van der Waals surface area contributed by atoms with Gasteiger partial charge < -0.3 is 0 Å². The summed E-state index contributed by atoms with van der Waals surface area (Å²) in [7, 11) is 0. The highest BCUT2D eigenvalue weighted by Crippen LogP contribution is 2.78. The van der Waals surface area contributed by atoms with Gasteiger partial charge in [-0.25, -0.2) is 0 Å². The first-order valence-electron chi connectivity index (χ1n) is 21.3. The molecule has 46 heavy (non-hydrogen) atoms. The Kier molecular flexibility index (Phi) is 7.42. The highest BCUT2D eigenvalue weighted by atomic mass is 14.8. The van der Waals surface area contributed by atoms with Gasteiger partial charge in [-0.05, 0) is 192 Å². The zero-order chi connectivity index (χ0) is 33.0. The van der Waals surface area contributed by atoms with Crippen LogP contribution in [0.5, 0.6) is 0 Å². The molecular weight excluding hydrogens is 553 g/mol. The Morgan fingerprint density at radius 2 is 0.804 bits per heavy atom. The van der Waals surface area contributed by atoms with Crippen molar-refractivity contribution in [3.05, 3.63) is 0 Å². The van der Waals surface area contributed by atoms with Gasteiger partial charge in [0.15, 0.2) is 0 Å². The standard InChI is InChI=1S/C46H78/c1-41(2,3)27-21-31-28-15-13-14-16-34(28)46(12,35(31)22-27)40-32-25-38-36(42(4,5)17-19-44(38,8)9)23-29(32)30-24-37-39(26-33(30)40)45(10,11)20-18-43(37,6)7/h27-40H,13-26H2,1-12H3/t27?,28-,29?,30?,31?,32?,33?,34-,35?,36?,37?,38?,39?,40?,46?/m1/s1. The van der Waals surface area contributed by atoms with E-state index in [0.717, 1.165) is 82.9 Å². The van der Waals surface area contributed by atoms with Crippen LogP contribution in [0.3, 0.4) is 0 Å². The second-order valence-corrected chi connectivity index (χ2v) is 24.2. The van der Waals surface area contributed by atoms with Gasteiger partial charge in [0.1, 0.15) is 0 Å². The van der Waals surface area contributed by atoms with Crippen molar-refractivity contribution in [2.24, 2.45) is 115 Å². The number of rotatable bonds is 1. The van der Waals surface area contributed by atoms with Gasteiger partial charge >= 0.3 is 0 Å². The fraction of sp³-hybridized carbons (Fsp3) is 1.00. The SMILES string of the molecule is CC(C)(C)C1CC2C(C1)C(C)(C1C3CC4C(CC3C3CC5C(CC31)C(C)(C)CCC5(C)C)C(C)(C)CCC4(C)C)[C@@H]1CCCC[C@H]21. The molecule has 8 aliphatic carbocycles. The van der Waals surface area contributed by atoms with Gasteiger partial charge in [-0.1, -0.05) is 95.9 Å². The smallest absolute Gasteiger partial charge is 0.0230 e. The van der Waals surface area contributed by atoms with Crippen LogP contribution < -0.4 is 0 Å². The number of hydrogen-bond acceptors (Lipinski definition) is 0. The molecule has 0 heteroatoms. The molecule has 0 spiro atoms. The van der Waals surface area contributed by atoms with Crippen LogP contribution >= 0.6 is 0 Å². The Labute approximate surface area is 287 Å². The summed E-state index contributed by atoms with van der Waals surface area (Å²) < 4.78 is 0. The van der Waals surface area contributed by atoms with Gasteiger partial charge in [-0.15, -0.1) is 0 Å². The van der Waals surface area contributed by atoms with Gasteiger partial charge in [0.2, 0.25) is 0 Å². The summed E-state index contributed by atoms with van der Waals surface area (Å²) in [6.07, 6.45) is 21.6. The van der Waals surface area contributed by atoms with Crippen LogP contribution in [-0.4, -0.2) is 0 Å². The maximum absolute atomic E-state index is 3.03. The molecule has 0 nitrogen and oxygen atoms in total. The zero-order valence-corrected chi connectivity index (χ0v) is 33.0. The molecule has 8 rings (SSSR count). The van der Waals surface area contributed by atoms with E-state index in [0.29, 0.717) is 32.5 Å². The molecule has 12 unspecified atom stereocenters. The lowest BCUT2D eigenvalue weighted by Gasteiger charge is -2.59. The molecule has 8 fully saturated rings. The Hall–Kier alpha value is 0. The highest BCUT2D eigenvalue weighted by molar-refractivity contribution is 5.19. The molecule has 262 valence electrons. The topological polar surface area (TPSA) is 0 Å². The van der Waals surface area contributed by atoms with Crippen LogP contribution in [0.15, 0.2) is 0 Å². The molecule has 0 aromatic carbocycles. The molecule has 0 aromatic rings. The first-order valence-corrected chi connectivity index (χ1v) is 21.3. The van der Waals surface area contributed by atoms with E-state index in [4.69, 9.17) is 0 Å². The molecule has 0 aromatic heterocycles. The van der Waals surface area contributed by atoms with Crippen molar-refractivity contribution in [1.29, 1.82) is 0 Å². The minimum Gasteiger partial charge on any atom is -0.0599 e. The Bertz CT molecular complexity index is 1120. The fourth-order valence-electron chi connectivity index (χ4n) is 17.2. The Balaban J connectivity index is 1.25. The van der Waals surface area contributed by atoms with E-state index in [1.807, 2.05) is 0 Å². The van der Waals surface area contributed by atoms with Crippen LogP contribution in [-0.2, 0) is 0 Å². The third-order valence-electron chi connectivity index (χ3n) is 20.0. The summed E-state index contributed by atoms with van der Waals surface area (Å²) in [6, 6.07) is 0. The van der Waals surface area contributed by atoms with Crippen molar-refractivity contribution in [2.75, 3.05) is 0 Å². The van der Waals surface area contributed by atoms with Gasteiger partial charge in [0.05, 0.1) is 0 Å². The van der Waals surface area contributed by atoms with E-state index in [-0.39, 0.29) is 0 Å². The van der Waals surface area contributed by atoms with E-state index < -0.39 is 0 Å². The van der Waals surface area contributed by atoms with E-state index >= 15 is 0 Å². The predicted molar refractivity (Wildman–Crippen MR) is 196 cm³/mol. The number of hydrogen-bond donors (Lipinski definition) is 0. The molecule has 0 radical (unpaired) electrons. The van der Waals surface area contributed by atoms with E-state index in [1.54, 1.807) is 51.4 Å². The third-order valence-corrected chi connectivity index (χ3v) is 20.0. The molecular formula is C46H78. The molecule has 0 N–H and O–H groups in total. The van der Waals surface area contributed by atoms with Gasteiger partial charge in [0, 0.05) is 0 Å². The van der Waals surface area contributed by atoms with Crippen molar-refractivity contribution in [3.63, 3.8) is 0 Å². The molecule has 14 atom stereocenters. The van der Waals surface area contributed by atoms with Crippen molar-refractivity contribution < 1.29 is 0 Å². The summed E-state index contributed by atoms with van der Waals surface area (Å²) in [4.78, 5) is 0. The Morgan fingerprint density at radius 3 is 1.24 bits per heavy atom. The van der Waals surface area contributed by atoms with Gasteiger partial charge in [-0.3, -0.25) is 0 Å². The van der Waals surface area contributed by atoms with E-state index in [9.17, 15) is 0 Å². The lowest BCUT2D eigenvalue weighted by molar-refractivity contribution is -0.0989. The predicted octanol–water partition coefficient (Wildman–Crippen LogP) is 13.3. The van der Waals surface area contributed by atoms with Crippen LogP contribution in [0.4, 0.5) is 0 Å². The third kappa shape index (κ3) is 4.60. The van der Waals surface area contributed by atoms with Crippen LogP contribution in [0, 0.1) is 115 Å². The molecule has 8 saturated carbocycles. The number of fused-ring (bicyclic) bond motifs is 8. The summed E-state index contributed by atoms with van der Waals surface area (Å²) >= 11 is 0. The van der Waals surface area contributed by atoms with Gasteiger partial charge in [0.25, 0.3) is 0 Å². The quantitative estimate of drug-likeness (QED) is 0.270. The summed E-state index contributed by atoms with van der Waals surface area (Å²) in [5, 5.41) is 0. The second kappa shape index (κ2) is 10.3. The average Bonchev–Trinajstić information content (AvgIpc) is 3.63. The van der Waals surface area contributed by atoms with Crippen molar-refractivity contribution in [2.45, 2.75) is 173 Å². The molecule has 0 heterocycles. The molecule has 0 aliphatic heterocycles. The van der Waals surface area contributed by atoms with Crippen LogP contribution in [0.2, 0.25) is 0 Å². The van der Waals surface area contributed by atoms with Crippen molar-refractivity contribution in [1.82, 2.24) is 0 Å². The van der Waals surface area contributed by atoms with Crippen LogP contribution in [0.1, 0.15) is 173 Å². The lowest BCUT2D eigenvalue weighted by Crippen LogP contribution is -2.51. The molecule has 0 amide bonds. The lowest BCUT2D eigenvalue weighted by atomic mass is 9.46. The minimum absolute atomic E-state index is 0.474. The first kappa shape index (κ1) is 33.2. The molecule has 0 bridgehead atoms. The maximum Gasteiger partial charge on any atom is -0.0230 e. The minimum atomic E-state index is 0.474. The largest absolute Gasteiger partial charge is 0.0599 e. The van der Waals surface area contributed by atoms with Crippen molar-refractivity contribution in [3.8, 4) is 0 Å². The summed E-state index contributed by atoms with van der Waals surface area (Å²) in [6.45, 7) is 32.5.